The fourth-order valence-corrected chi connectivity index (χ4v) is 2.15. The molecular formula is C14H17F4N3O2. The lowest BCUT2D eigenvalue weighted by Gasteiger charge is -2.26. The number of ether oxygens (including phenoxy) is 1. The smallest absolute Gasteiger partial charge is 0.379 e. The lowest BCUT2D eigenvalue weighted by atomic mass is 10.2. The van der Waals surface area contributed by atoms with Crippen LogP contribution in [0.2, 0.25) is 0 Å². The van der Waals surface area contributed by atoms with E-state index in [-0.39, 0.29) is 5.69 Å². The summed E-state index contributed by atoms with van der Waals surface area (Å²) in [6.45, 7) is 3.80. The third-order valence-electron chi connectivity index (χ3n) is 3.35. The van der Waals surface area contributed by atoms with E-state index in [4.69, 9.17) is 4.74 Å². The highest BCUT2D eigenvalue weighted by Gasteiger charge is 2.34. The van der Waals surface area contributed by atoms with Crippen LogP contribution in [0.4, 0.5) is 28.0 Å². The number of benzene rings is 1. The molecule has 2 amide bonds. The average Bonchev–Trinajstić information content (AvgIpc) is 2.49. The molecule has 2 N–H and O–H groups in total. The number of anilines is 1. The monoisotopic (exact) mass is 335 g/mol. The van der Waals surface area contributed by atoms with Crippen LogP contribution in [0.25, 0.3) is 0 Å². The van der Waals surface area contributed by atoms with Crippen LogP contribution in [0.3, 0.4) is 0 Å². The third kappa shape index (κ3) is 5.36. The van der Waals surface area contributed by atoms with Crippen molar-refractivity contribution in [3.05, 3.63) is 29.6 Å². The SMILES string of the molecule is O=C(NCCN1CCOCC1)Nc1ccc(F)c(C(F)(F)F)c1. The lowest BCUT2D eigenvalue weighted by molar-refractivity contribution is -0.139. The van der Waals surface area contributed by atoms with Crippen LogP contribution in [-0.2, 0) is 10.9 Å². The first kappa shape index (κ1) is 17.5. The van der Waals surface area contributed by atoms with Gasteiger partial charge in [-0.05, 0) is 18.2 Å². The molecular weight excluding hydrogens is 318 g/mol. The van der Waals surface area contributed by atoms with Crippen molar-refractivity contribution in [2.45, 2.75) is 6.18 Å². The van der Waals surface area contributed by atoms with Gasteiger partial charge in [0.2, 0.25) is 0 Å². The van der Waals surface area contributed by atoms with Crippen LogP contribution in [0.15, 0.2) is 18.2 Å². The Kier molecular flexibility index (Phi) is 5.78. The molecule has 1 saturated heterocycles. The van der Waals surface area contributed by atoms with E-state index in [2.05, 4.69) is 15.5 Å². The van der Waals surface area contributed by atoms with Gasteiger partial charge >= 0.3 is 12.2 Å². The minimum absolute atomic E-state index is 0.123. The fourth-order valence-electron chi connectivity index (χ4n) is 2.15. The van der Waals surface area contributed by atoms with Gasteiger partial charge in [0.05, 0.1) is 18.8 Å². The summed E-state index contributed by atoms with van der Waals surface area (Å²) in [5.74, 6) is -1.38. The quantitative estimate of drug-likeness (QED) is 0.830. The van der Waals surface area contributed by atoms with E-state index in [1.54, 1.807) is 0 Å². The first-order chi connectivity index (χ1) is 10.9. The van der Waals surface area contributed by atoms with Gasteiger partial charge in [0.25, 0.3) is 0 Å². The summed E-state index contributed by atoms with van der Waals surface area (Å²) in [5, 5.41) is 4.80. The van der Waals surface area contributed by atoms with E-state index in [0.29, 0.717) is 38.4 Å². The maximum absolute atomic E-state index is 13.1. The number of halogens is 4. The number of amides is 2. The van der Waals surface area contributed by atoms with Crippen molar-refractivity contribution in [2.24, 2.45) is 0 Å². The zero-order chi connectivity index (χ0) is 16.9. The van der Waals surface area contributed by atoms with Gasteiger partial charge in [-0.25, -0.2) is 9.18 Å². The van der Waals surface area contributed by atoms with Gasteiger partial charge in [0.15, 0.2) is 0 Å². The van der Waals surface area contributed by atoms with E-state index in [0.717, 1.165) is 19.2 Å². The van der Waals surface area contributed by atoms with Crippen molar-refractivity contribution in [3.8, 4) is 0 Å². The van der Waals surface area contributed by atoms with E-state index < -0.39 is 23.6 Å². The minimum Gasteiger partial charge on any atom is -0.379 e. The van der Waals surface area contributed by atoms with Gasteiger partial charge in [-0.3, -0.25) is 4.90 Å². The molecule has 1 aromatic rings. The molecule has 23 heavy (non-hydrogen) atoms. The van der Waals surface area contributed by atoms with Crippen molar-refractivity contribution in [1.29, 1.82) is 0 Å². The topological polar surface area (TPSA) is 53.6 Å². The Labute approximate surface area is 130 Å². The molecule has 0 unspecified atom stereocenters. The van der Waals surface area contributed by atoms with Gasteiger partial charge in [-0.2, -0.15) is 13.2 Å². The molecule has 0 atom stereocenters. The van der Waals surface area contributed by atoms with Crippen molar-refractivity contribution in [3.63, 3.8) is 0 Å². The first-order valence-corrected chi connectivity index (χ1v) is 7.08. The highest BCUT2D eigenvalue weighted by Crippen LogP contribution is 2.32. The lowest BCUT2D eigenvalue weighted by Crippen LogP contribution is -2.42. The number of urea groups is 1. The second-order valence-electron chi connectivity index (χ2n) is 5.03. The summed E-state index contributed by atoms with van der Waals surface area (Å²) >= 11 is 0. The molecule has 5 nitrogen and oxygen atoms in total. The Hall–Kier alpha value is -1.87. The van der Waals surface area contributed by atoms with Crippen molar-refractivity contribution in [1.82, 2.24) is 10.2 Å². The Balaban J connectivity index is 1.83. The second-order valence-corrected chi connectivity index (χ2v) is 5.03. The predicted octanol–water partition coefficient (Wildman–Crippen LogP) is 2.30. The molecule has 9 heteroatoms. The van der Waals surface area contributed by atoms with Crippen LogP contribution >= 0.6 is 0 Å². The van der Waals surface area contributed by atoms with Crippen LogP contribution in [0.5, 0.6) is 0 Å². The fraction of sp³-hybridized carbons (Fsp3) is 0.500. The van der Waals surface area contributed by atoms with Crippen LogP contribution in [0, 0.1) is 5.82 Å². The van der Waals surface area contributed by atoms with Gasteiger partial charge in [-0.15, -0.1) is 0 Å². The molecule has 0 aliphatic carbocycles. The number of nitrogens with zero attached hydrogens (tertiary/aromatic N) is 1. The molecule has 0 bridgehead atoms. The number of morpholine rings is 1. The summed E-state index contributed by atoms with van der Waals surface area (Å²) in [6.07, 6.45) is -4.81. The molecule has 1 aliphatic heterocycles. The number of hydrogen-bond acceptors (Lipinski definition) is 3. The molecule has 1 heterocycles. The molecule has 1 fully saturated rings. The molecule has 1 aromatic carbocycles. The van der Waals surface area contributed by atoms with Crippen molar-refractivity contribution >= 4 is 11.7 Å². The second kappa shape index (κ2) is 7.60. The summed E-state index contributed by atoms with van der Waals surface area (Å²) in [4.78, 5) is 13.8. The van der Waals surface area contributed by atoms with Gasteiger partial charge < -0.3 is 15.4 Å². The van der Waals surface area contributed by atoms with Crippen LogP contribution < -0.4 is 10.6 Å². The summed E-state index contributed by atoms with van der Waals surface area (Å²) in [5.41, 5.74) is -1.54. The predicted molar refractivity (Wildman–Crippen MR) is 75.7 cm³/mol. The van der Waals surface area contributed by atoms with E-state index >= 15 is 0 Å². The Morgan fingerprint density at radius 1 is 1.26 bits per heavy atom. The average molecular weight is 335 g/mol. The van der Waals surface area contributed by atoms with E-state index in [1.807, 2.05) is 0 Å². The Bertz CT molecular complexity index is 545. The zero-order valence-electron chi connectivity index (χ0n) is 12.3. The Morgan fingerprint density at radius 3 is 2.61 bits per heavy atom. The normalized spacial score (nSPS) is 16.2. The van der Waals surface area contributed by atoms with Gasteiger partial charge in [-0.1, -0.05) is 0 Å². The summed E-state index contributed by atoms with van der Waals surface area (Å²) in [6, 6.07) is 1.67. The van der Waals surface area contributed by atoms with Crippen molar-refractivity contribution < 1.29 is 27.1 Å². The Morgan fingerprint density at radius 2 is 1.96 bits per heavy atom. The molecule has 0 radical (unpaired) electrons. The molecule has 0 spiro atoms. The molecule has 1 aliphatic rings. The number of nitrogens with one attached hydrogen (secondary N) is 2. The highest BCUT2D eigenvalue weighted by molar-refractivity contribution is 5.89. The van der Waals surface area contributed by atoms with E-state index in [1.165, 1.54) is 0 Å². The molecule has 128 valence electrons. The first-order valence-electron chi connectivity index (χ1n) is 7.08. The number of alkyl halides is 3. The number of hydrogen-bond donors (Lipinski definition) is 2. The largest absolute Gasteiger partial charge is 0.419 e. The molecule has 0 saturated carbocycles. The standard InChI is InChI=1S/C14H17F4N3O2/c15-12-2-1-10(9-11(12)14(16,17)18)20-13(22)19-3-4-21-5-7-23-8-6-21/h1-2,9H,3-8H2,(H2,19,20,22). The maximum atomic E-state index is 13.1. The number of rotatable bonds is 4. The van der Waals surface area contributed by atoms with Gasteiger partial charge in [0.1, 0.15) is 5.82 Å². The van der Waals surface area contributed by atoms with Crippen LogP contribution in [-0.4, -0.2) is 50.3 Å². The number of carbonyl (C=O) groups is 1. The minimum atomic E-state index is -4.81. The van der Waals surface area contributed by atoms with E-state index in [9.17, 15) is 22.4 Å². The zero-order valence-corrected chi connectivity index (χ0v) is 12.3. The third-order valence-corrected chi connectivity index (χ3v) is 3.35. The summed E-state index contributed by atoms with van der Waals surface area (Å²) in [7, 11) is 0. The van der Waals surface area contributed by atoms with Gasteiger partial charge in [0, 0.05) is 31.9 Å². The molecule has 2 rings (SSSR count). The van der Waals surface area contributed by atoms with Crippen molar-refractivity contribution in [2.75, 3.05) is 44.7 Å². The number of carbonyl (C=O) groups excluding carboxylic acids is 1. The molecule has 0 aromatic heterocycles. The maximum Gasteiger partial charge on any atom is 0.419 e. The summed E-state index contributed by atoms with van der Waals surface area (Å²) < 4.78 is 56.1. The highest BCUT2D eigenvalue weighted by atomic mass is 19.4. The van der Waals surface area contributed by atoms with Crippen LogP contribution in [0.1, 0.15) is 5.56 Å².